The summed E-state index contributed by atoms with van der Waals surface area (Å²) >= 11 is 0. The molecule has 1 fully saturated rings. The van der Waals surface area contributed by atoms with Gasteiger partial charge in [-0.3, -0.25) is 0 Å². The van der Waals surface area contributed by atoms with Crippen LogP contribution in [0.15, 0.2) is 0 Å². The molecule has 94 valence electrons. The van der Waals surface area contributed by atoms with Gasteiger partial charge >= 0.3 is 6.09 Å². The molecular weight excluding hydrogens is 204 g/mol. The molecule has 0 aliphatic heterocycles. The maximum atomic E-state index is 11.4. The number of alkyl carbamates (subject to hydrolysis) is 1. The van der Waals surface area contributed by atoms with Gasteiger partial charge in [-0.25, -0.2) is 4.79 Å². The number of carbonyl (C=O) groups excluding carboxylic acids is 1. The highest BCUT2D eigenvalue weighted by atomic mass is 16.5. The van der Waals surface area contributed by atoms with E-state index in [0.29, 0.717) is 24.6 Å². The summed E-state index contributed by atoms with van der Waals surface area (Å²) in [4.78, 5) is 11.4. The van der Waals surface area contributed by atoms with E-state index in [1.165, 1.54) is 0 Å². The second-order valence-corrected chi connectivity index (χ2v) is 4.97. The zero-order chi connectivity index (χ0) is 12.0. The van der Waals surface area contributed by atoms with Crippen molar-refractivity contribution in [2.24, 2.45) is 5.92 Å². The number of rotatable bonds is 4. The van der Waals surface area contributed by atoms with E-state index < -0.39 is 0 Å². The van der Waals surface area contributed by atoms with Crippen LogP contribution >= 0.6 is 0 Å². The van der Waals surface area contributed by atoms with Gasteiger partial charge in [0, 0.05) is 12.1 Å². The van der Waals surface area contributed by atoms with Crippen LogP contribution < -0.4 is 10.6 Å². The zero-order valence-corrected chi connectivity index (χ0v) is 10.6. The maximum absolute atomic E-state index is 11.4. The fourth-order valence-corrected chi connectivity index (χ4v) is 1.98. The van der Waals surface area contributed by atoms with Gasteiger partial charge in [0.05, 0.1) is 6.61 Å². The minimum Gasteiger partial charge on any atom is -0.449 e. The molecule has 0 atom stereocenters. The minimum absolute atomic E-state index is 0.262. The zero-order valence-electron chi connectivity index (χ0n) is 10.6. The highest BCUT2D eigenvalue weighted by Gasteiger charge is 2.21. The Labute approximate surface area is 98.1 Å². The van der Waals surface area contributed by atoms with Crippen molar-refractivity contribution in [2.45, 2.75) is 51.6 Å². The second kappa shape index (κ2) is 6.74. The van der Waals surface area contributed by atoms with Crippen LogP contribution in [-0.4, -0.2) is 31.8 Å². The van der Waals surface area contributed by atoms with E-state index >= 15 is 0 Å². The largest absolute Gasteiger partial charge is 0.449 e. The van der Waals surface area contributed by atoms with Crippen LogP contribution in [0, 0.1) is 5.92 Å². The standard InChI is InChI=1S/C12H24N2O2/c1-9(2)8-16-12(15)14-11-6-4-10(13-3)5-7-11/h9-11,13H,4-8H2,1-3H3,(H,14,15). The van der Waals surface area contributed by atoms with Gasteiger partial charge in [0.25, 0.3) is 0 Å². The van der Waals surface area contributed by atoms with Crippen molar-refractivity contribution in [3.8, 4) is 0 Å². The molecule has 1 rings (SSSR count). The van der Waals surface area contributed by atoms with Crippen molar-refractivity contribution in [1.29, 1.82) is 0 Å². The summed E-state index contributed by atoms with van der Waals surface area (Å²) in [6, 6.07) is 0.911. The second-order valence-electron chi connectivity index (χ2n) is 4.97. The number of hydrogen-bond donors (Lipinski definition) is 2. The number of ether oxygens (including phenoxy) is 1. The Balaban J connectivity index is 2.15. The molecule has 0 bridgehead atoms. The Morgan fingerprint density at radius 2 is 1.81 bits per heavy atom. The molecule has 0 spiro atoms. The first-order chi connectivity index (χ1) is 7.61. The summed E-state index contributed by atoms with van der Waals surface area (Å²) in [6.45, 7) is 4.56. The van der Waals surface area contributed by atoms with Crippen LogP contribution in [-0.2, 0) is 4.74 Å². The third kappa shape index (κ3) is 4.84. The molecule has 0 saturated heterocycles. The maximum Gasteiger partial charge on any atom is 0.407 e. The van der Waals surface area contributed by atoms with Crippen LogP contribution in [0.5, 0.6) is 0 Å². The number of nitrogens with one attached hydrogen (secondary N) is 2. The van der Waals surface area contributed by atoms with E-state index in [2.05, 4.69) is 10.6 Å². The molecule has 0 aromatic rings. The highest BCUT2D eigenvalue weighted by Crippen LogP contribution is 2.18. The third-order valence-electron chi connectivity index (χ3n) is 3.01. The Hall–Kier alpha value is -0.770. The van der Waals surface area contributed by atoms with Crippen LogP contribution in [0.2, 0.25) is 0 Å². The summed E-state index contributed by atoms with van der Waals surface area (Å²) in [5.41, 5.74) is 0. The van der Waals surface area contributed by atoms with Crippen LogP contribution in [0.1, 0.15) is 39.5 Å². The van der Waals surface area contributed by atoms with E-state index in [-0.39, 0.29) is 6.09 Å². The SMILES string of the molecule is CNC1CCC(NC(=O)OCC(C)C)CC1. The average Bonchev–Trinajstić information content (AvgIpc) is 2.27. The molecule has 1 amide bonds. The van der Waals surface area contributed by atoms with E-state index in [0.717, 1.165) is 25.7 Å². The van der Waals surface area contributed by atoms with E-state index in [1.54, 1.807) is 0 Å². The van der Waals surface area contributed by atoms with E-state index in [9.17, 15) is 4.79 Å². The molecular formula is C12H24N2O2. The Morgan fingerprint density at radius 1 is 1.25 bits per heavy atom. The first kappa shape index (κ1) is 13.3. The Morgan fingerprint density at radius 3 is 2.31 bits per heavy atom. The Bertz CT molecular complexity index is 211. The van der Waals surface area contributed by atoms with Crippen LogP contribution in [0.25, 0.3) is 0 Å². The normalized spacial score (nSPS) is 25.5. The lowest BCUT2D eigenvalue weighted by atomic mass is 9.91. The van der Waals surface area contributed by atoms with Crippen LogP contribution in [0.3, 0.4) is 0 Å². The lowest BCUT2D eigenvalue weighted by Crippen LogP contribution is -2.41. The smallest absolute Gasteiger partial charge is 0.407 e. The van der Waals surface area contributed by atoms with Gasteiger partial charge in [0.15, 0.2) is 0 Å². The molecule has 0 radical (unpaired) electrons. The first-order valence-corrected chi connectivity index (χ1v) is 6.22. The summed E-state index contributed by atoms with van der Waals surface area (Å²) in [7, 11) is 2.00. The quantitative estimate of drug-likeness (QED) is 0.772. The molecule has 1 aliphatic carbocycles. The van der Waals surface area contributed by atoms with Crippen molar-refractivity contribution in [2.75, 3.05) is 13.7 Å². The monoisotopic (exact) mass is 228 g/mol. The average molecular weight is 228 g/mol. The molecule has 0 aromatic carbocycles. The number of carbonyl (C=O) groups is 1. The summed E-state index contributed by atoms with van der Waals surface area (Å²) in [6.07, 6.45) is 4.09. The van der Waals surface area contributed by atoms with Gasteiger partial charge in [0.1, 0.15) is 0 Å². The molecule has 4 nitrogen and oxygen atoms in total. The number of amides is 1. The molecule has 2 N–H and O–H groups in total. The van der Waals surface area contributed by atoms with Gasteiger partial charge < -0.3 is 15.4 Å². The minimum atomic E-state index is -0.262. The van der Waals surface area contributed by atoms with Crippen molar-refractivity contribution >= 4 is 6.09 Å². The van der Waals surface area contributed by atoms with Crippen molar-refractivity contribution in [1.82, 2.24) is 10.6 Å². The molecule has 0 heterocycles. The molecule has 4 heteroatoms. The van der Waals surface area contributed by atoms with Gasteiger partial charge in [-0.05, 0) is 38.6 Å². The molecule has 0 unspecified atom stereocenters. The summed E-state index contributed by atoms with van der Waals surface area (Å²) in [5.74, 6) is 0.394. The van der Waals surface area contributed by atoms with E-state index in [4.69, 9.17) is 4.74 Å². The predicted molar refractivity (Wildman–Crippen MR) is 64.4 cm³/mol. The van der Waals surface area contributed by atoms with Crippen molar-refractivity contribution in [3.63, 3.8) is 0 Å². The lowest BCUT2D eigenvalue weighted by Gasteiger charge is -2.28. The van der Waals surface area contributed by atoms with Gasteiger partial charge in [0.2, 0.25) is 0 Å². The van der Waals surface area contributed by atoms with Gasteiger partial charge in [-0.1, -0.05) is 13.8 Å². The third-order valence-corrected chi connectivity index (χ3v) is 3.01. The van der Waals surface area contributed by atoms with Gasteiger partial charge in [-0.15, -0.1) is 0 Å². The van der Waals surface area contributed by atoms with Crippen LogP contribution in [0.4, 0.5) is 4.79 Å². The van der Waals surface area contributed by atoms with Crippen molar-refractivity contribution < 1.29 is 9.53 Å². The predicted octanol–water partition coefficient (Wildman–Crippen LogP) is 1.90. The van der Waals surface area contributed by atoms with Crippen molar-refractivity contribution in [3.05, 3.63) is 0 Å². The lowest BCUT2D eigenvalue weighted by molar-refractivity contribution is 0.126. The molecule has 1 saturated carbocycles. The molecule has 1 aliphatic rings. The van der Waals surface area contributed by atoms with E-state index in [1.807, 2.05) is 20.9 Å². The summed E-state index contributed by atoms with van der Waals surface area (Å²) < 4.78 is 5.09. The Kier molecular flexibility index (Phi) is 5.60. The van der Waals surface area contributed by atoms with Gasteiger partial charge in [-0.2, -0.15) is 0 Å². The molecule has 16 heavy (non-hydrogen) atoms. The summed E-state index contributed by atoms with van der Waals surface area (Å²) in [5, 5.41) is 6.20. The first-order valence-electron chi connectivity index (χ1n) is 6.22. The fourth-order valence-electron chi connectivity index (χ4n) is 1.98. The fraction of sp³-hybridized carbons (Fsp3) is 0.917. The topological polar surface area (TPSA) is 50.4 Å². The number of hydrogen-bond acceptors (Lipinski definition) is 3. The highest BCUT2D eigenvalue weighted by molar-refractivity contribution is 5.67. The molecule has 0 aromatic heterocycles.